The summed E-state index contributed by atoms with van der Waals surface area (Å²) in [6.45, 7) is 0.693. The molecule has 1 aliphatic rings. The number of nitrogens with one attached hydrogen (secondary N) is 1. The van der Waals surface area contributed by atoms with E-state index >= 15 is 0 Å². The first-order chi connectivity index (χ1) is 10.1. The Balaban J connectivity index is 1.68. The molecule has 0 saturated heterocycles. The van der Waals surface area contributed by atoms with Crippen LogP contribution in [0.15, 0.2) is 24.3 Å². The van der Waals surface area contributed by atoms with Gasteiger partial charge >= 0.3 is 5.97 Å². The molecule has 0 radical (unpaired) electrons. The zero-order chi connectivity index (χ0) is 14.8. The summed E-state index contributed by atoms with van der Waals surface area (Å²) >= 11 is 0. The molecule has 0 spiro atoms. The maximum atomic E-state index is 11.1. The van der Waals surface area contributed by atoms with Gasteiger partial charge in [-0.2, -0.15) is 5.10 Å². The fourth-order valence-corrected chi connectivity index (χ4v) is 3.26. The Labute approximate surface area is 124 Å². The van der Waals surface area contributed by atoms with Crippen LogP contribution < -0.4 is 5.32 Å². The highest BCUT2D eigenvalue weighted by Gasteiger charge is 2.26. The number of benzene rings is 1. The minimum absolute atomic E-state index is 0.197. The Morgan fingerprint density at radius 3 is 3.05 bits per heavy atom. The molecule has 5 nitrogen and oxygen atoms in total. The number of aliphatic carboxylic acids is 1. The van der Waals surface area contributed by atoms with Gasteiger partial charge in [0.05, 0.1) is 17.1 Å². The minimum atomic E-state index is -0.662. The molecule has 2 N–H and O–H groups in total. The zero-order valence-corrected chi connectivity index (χ0v) is 12.2. The number of fused-ring (bicyclic) bond motifs is 1. The number of para-hydroxylation sites is 1. The van der Waals surface area contributed by atoms with Crippen LogP contribution in [0, 0.1) is 5.92 Å². The molecule has 5 heteroatoms. The van der Waals surface area contributed by atoms with Crippen molar-refractivity contribution in [2.24, 2.45) is 13.0 Å². The average molecular weight is 287 g/mol. The van der Waals surface area contributed by atoms with Crippen molar-refractivity contribution in [1.29, 1.82) is 0 Å². The van der Waals surface area contributed by atoms with E-state index in [-0.39, 0.29) is 12.0 Å². The highest BCUT2D eigenvalue weighted by Crippen LogP contribution is 2.25. The van der Waals surface area contributed by atoms with Crippen molar-refractivity contribution in [3.8, 4) is 0 Å². The maximum Gasteiger partial charge on any atom is 0.306 e. The Morgan fingerprint density at radius 1 is 1.43 bits per heavy atom. The van der Waals surface area contributed by atoms with E-state index < -0.39 is 5.97 Å². The number of aromatic nitrogens is 2. The molecule has 21 heavy (non-hydrogen) atoms. The van der Waals surface area contributed by atoms with Gasteiger partial charge in [0.15, 0.2) is 0 Å². The largest absolute Gasteiger partial charge is 0.481 e. The Morgan fingerprint density at radius 2 is 2.24 bits per heavy atom. The Kier molecular flexibility index (Phi) is 3.92. The molecular weight excluding hydrogens is 266 g/mol. The number of carboxylic acids is 1. The predicted molar refractivity (Wildman–Crippen MR) is 80.9 cm³/mol. The summed E-state index contributed by atoms with van der Waals surface area (Å²) in [6, 6.07) is 8.46. The Bertz CT molecular complexity index is 650. The number of hydrogen-bond donors (Lipinski definition) is 2. The van der Waals surface area contributed by atoms with Gasteiger partial charge in [-0.25, -0.2) is 0 Å². The summed E-state index contributed by atoms with van der Waals surface area (Å²) in [5.74, 6) is -0.860. The second-order valence-corrected chi connectivity index (χ2v) is 5.87. The molecule has 112 valence electrons. The van der Waals surface area contributed by atoms with Gasteiger partial charge in [0.25, 0.3) is 0 Å². The van der Waals surface area contributed by atoms with Crippen LogP contribution in [0.1, 0.15) is 31.4 Å². The number of carbonyl (C=O) groups is 1. The summed E-state index contributed by atoms with van der Waals surface area (Å²) in [7, 11) is 1.95. The highest BCUT2D eigenvalue weighted by atomic mass is 16.4. The molecule has 0 amide bonds. The summed E-state index contributed by atoms with van der Waals surface area (Å²) < 4.78 is 1.90. The molecule has 0 bridgehead atoms. The van der Waals surface area contributed by atoms with Gasteiger partial charge < -0.3 is 10.4 Å². The topological polar surface area (TPSA) is 67.2 Å². The first-order valence-electron chi connectivity index (χ1n) is 7.52. The lowest BCUT2D eigenvalue weighted by molar-refractivity contribution is -0.143. The van der Waals surface area contributed by atoms with Crippen molar-refractivity contribution in [2.75, 3.05) is 0 Å². The van der Waals surface area contributed by atoms with Gasteiger partial charge in [-0.05, 0) is 25.3 Å². The van der Waals surface area contributed by atoms with E-state index in [9.17, 15) is 4.79 Å². The minimum Gasteiger partial charge on any atom is -0.481 e. The second-order valence-electron chi connectivity index (χ2n) is 5.87. The van der Waals surface area contributed by atoms with Crippen LogP contribution in [0.3, 0.4) is 0 Å². The van der Waals surface area contributed by atoms with Crippen LogP contribution in [-0.2, 0) is 18.4 Å². The fourth-order valence-electron chi connectivity index (χ4n) is 3.26. The zero-order valence-electron chi connectivity index (χ0n) is 12.2. The van der Waals surface area contributed by atoms with E-state index in [0.29, 0.717) is 6.54 Å². The molecule has 2 unspecified atom stereocenters. The molecule has 2 aromatic rings. The lowest BCUT2D eigenvalue weighted by atomic mass is 9.86. The van der Waals surface area contributed by atoms with Crippen LogP contribution >= 0.6 is 0 Å². The summed E-state index contributed by atoms with van der Waals surface area (Å²) in [6.07, 6.45) is 3.56. The van der Waals surface area contributed by atoms with Crippen molar-refractivity contribution in [3.63, 3.8) is 0 Å². The molecule has 3 rings (SSSR count). The van der Waals surface area contributed by atoms with Gasteiger partial charge in [0, 0.05) is 25.0 Å². The van der Waals surface area contributed by atoms with E-state index in [1.165, 1.54) is 0 Å². The molecule has 1 saturated carbocycles. The van der Waals surface area contributed by atoms with Crippen molar-refractivity contribution in [3.05, 3.63) is 30.0 Å². The molecular formula is C16H21N3O2. The van der Waals surface area contributed by atoms with Gasteiger partial charge in [0.1, 0.15) is 0 Å². The van der Waals surface area contributed by atoms with Crippen molar-refractivity contribution < 1.29 is 9.90 Å². The molecule has 1 aliphatic carbocycles. The average Bonchev–Trinajstić information content (AvgIpc) is 2.82. The third kappa shape index (κ3) is 2.93. The van der Waals surface area contributed by atoms with Crippen molar-refractivity contribution >= 4 is 16.9 Å². The number of carboxylic acid groups (broad SMARTS) is 1. The molecule has 0 aliphatic heterocycles. The van der Waals surface area contributed by atoms with Crippen molar-refractivity contribution in [2.45, 2.75) is 38.3 Å². The number of hydrogen-bond acceptors (Lipinski definition) is 3. The standard InChI is InChI=1S/C16H21N3O2/c1-19-15-8-3-2-7-13(15)14(18-19)10-17-12-6-4-5-11(9-12)16(20)21/h2-3,7-8,11-12,17H,4-6,9-10H2,1H3,(H,20,21). The van der Waals surface area contributed by atoms with Gasteiger partial charge in [-0.15, -0.1) is 0 Å². The number of nitrogens with zero attached hydrogens (tertiary/aromatic N) is 2. The van der Waals surface area contributed by atoms with E-state index in [0.717, 1.165) is 42.3 Å². The van der Waals surface area contributed by atoms with Gasteiger partial charge in [0.2, 0.25) is 0 Å². The summed E-state index contributed by atoms with van der Waals surface area (Å²) in [5.41, 5.74) is 2.16. The number of rotatable bonds is 4. The van der Waals surface area contributed by atoms with Crippen LogP contribution in [0.2, 0.25) is 0 Å². The van der Waals surface area contributed by atoms with Crippen LogP contribution in [0.25, 0.3) is 10.9 Å². The molecule has 2 atom stereocenters. The van der Waals surface area contributed by atoms with Gasteiger partial charge in [-0.3, -0.25) is 9.48 Å². The quantitative estimate of drug-likeness (QED) is 0.905. The van der Waals surface area contributed by atoms with E-state index in [1.54, 1.807) is 0 Å². The lowest BCUT2D eigenvalue weighted by Gasteiger charge is -2.27. The Hall–Kier alpha value is -1.88. The fraction of sp³-hybridized carbons (Fsp3) is 0.500. The highest BCUT2D eigenvalue weighted by molar-refractivity contribution is 5.81. The predicted octanol–water partition coefficient (Wildman–Crippen LogP) is 2.31. The maximum absolute atomic E-state index is 11.1. The van der Waals surface area contributed by atoms with Crippen LogP contribution in [-0.4, -0.2) is 26.9 Å². The van der Waals surface area contributed by atoms with E-state index in [2.05, 4.69) is 22.5 Å². The first-order valence-corrected chi connectivity index (χ1v) is 7.52. The molecule has 1 aromatic carbocycles. The molecule has 1 aromatic heterocycles. The SMILES string of the molecule is Cn1nc(CNC2CCCC(C(=O)O)C2)c2ccccc21. The molecule has 1 fully saturated rings. The third-order valence-electron chi connectivity index (χ3n) is 4.42. The van der Waals surface area contributed by atoms with E-state index in [4.69, 9.17) is 5.11 Å². The lowest BCUT2D eigenvalue weighted by Crippen LogP contribution is -2.36. The second kappa shape index (κ2) is 5.85. The van der Waals surface area contributed by atoms with Crippen LogP contribution in [0.4, 0.5) is 0 Å². The van der Waals surface area contributed by atoms with Crippen LogP contribution in [0.5, 0.6) is 0 Å². The van der Waals surface area contributed by atoms with Gasteiger partial charge in [-0.1, -0.05) is 24.6 Å². The number of aryl methyl sites for hydroxylation is 1. The normalized spacial score (nSPS) is 22.5. The van der Waals surface area contributed by atoms with Crippen molar-refractivity contribution in [1.82, 2.24) is 15.1 Å². The summed E-state index contributed by atoms with van der Waals surface area (Å²) in [4.78, 5) is 11.1. The smallest absolute Gasteiger partial charge is 0.306 e. The first kappa shape index (κ1) is 14.1. The third-order valence-corrected chi connectivity index (χ3v) is 4.42. The molecule has 1 heterocycles. The monoisotopic (exact) mass is 287 g/mol. The summed E-state index contributed by atoms with van der Waals surface area (Å²) in [5, 5.41) is 18.4. The van der Waals surface area contributed by atoms with E-state index in [1.807, 2.05) is 23.9 Å².